The first-order chi connectivity index (χ1) is 12.0. The van der Waals surface area contributed by atoms with Gasteiger partial charge in [-0.1, -0.05) is 29.8 Å². The van der Waals surface area contributed by atoms with Crippen LogP contribution in [0.25, 0.3) is 0 Å². The van der Waals surface area contributed by atoms with E-state index in [4.69, 9.17) is 11.6 Å². The number of rotatable bonds is 4. The summed E-state index contributed by atoms with van der Waals surface area (Å²) >= 11 is 6.11. The molecular weight excluding hydrogens is 341 g/mol. The van der Waals surface area contributed by atoms with Gasteiger partial charge in [-0.25, -0.2) is 4.39 Å². The zero-order valence-corrected chi connectivity index (χ0v) is 14.9. The number of carbonyl (C=O) groups excluding carboxylic acids is 1. The molecule has 2 aromatic carbocycles. The van der Waals surface area contributed by atoms with Gasteiger partial charge in [-0.2, -0.15) is 0 Å². The van der Waals surface area contributed by atoms with Gasteiger partial charge in [-0.15, -0.1) is 0 Å². The van der Waals surface area contributed by atoms with Crippen LogP contribution >= 0.6 is 11.6 Å². The number of benzene rings is 2. The van der Waals surface area contributed by atoms with E-state index in [9.17, 15) is 9.18 Å². The van der Waals surface area contributed by atoms with E-state index < -0.39 is 0 Å². The number of piperazine rings is 1. The molecule has 0 unspecified atom stereocenters. The van der Waals surface area contributed by atoms with E-state index in [1.165, 1.54) is 6.07 Å². The maximum atomic E-state index is 13.7. The van der Waals surface area contributed by atoms with Gasteiger partial charge in [-0.3, -0.25) is 4.79 Å². The van der Waals surface area contributed by atoms with Crippen LogP contribution in [0.5, 0.6) is 0 Å². The predicted molar refractivity (Wildman–Crippen MR) is 99.9 cm³/mol. The number of amides is 1. The number of carbonyl (C=O) groups is 1. The molecule has 0 radical (unpaired) electrons. The van der Waals surface area contributed by atoms with Crippen LogP contribution in [-0.4, -0.2) is 44.0 Å². The van der Waals surface area contributed by atoms with Crippen molar-refractivity contribution >= 4 is 28.9 Å². The molecule has 0 bridgehead atoms. The van der Waals surface area contributed by atoms with Crippen molar-refractivity contribution in [2.45, 2.75) is 6.42 Å². The number of hydrogen-bond donors (Lipinski definition) is 1. The summed E-state index contributed by atoms with van der Waals surface area (Å²) in [6.45, 7) is 3.69. The predicted octanol–water partition coefficient (Wildman–Crippen LogP) is 3.41. The van der Waals surface area contributed by atoms with Crippen LogP contribution in [0.15, 0.2) is 42.5 Å². The molecule has 0 aliphatic carbocycles. The normalized spacial score (nSPS) is 15.2. The standard InChI is InChI=1S/C19H21ClFN3O/c1-23-8-10-24(11-9-23)18-7-6-15(20)13-17(18)22-19(25)12-14-4-2-3-5-16(14)21/h2-7,13H,8-12H2,1H3,(H,22,25). The SMILES string of the molecule is CN1CCN(c2ccc(Cl)cc2NC(=O)Cc2ccccc2F)CC1. The molecular formula is C19H21ClFN3O. The van der Waals surface area contributed by atoms with Crippen LogP contribution in [0.1, 0.15) is 5.56 Å². The van der Waals surface area contributed by atoms with Crippen molar-refractivity contribution in [1.29, 1.82) is 0 Å². The van der Waals surface area contributed by atoms with Crippen molar-refractivity contribution in [1.82, 2.24) is 4.90 Å². The van der Waals surface area contributed by atoms with Gasteiger partial charge in [0.25, 0.3) is 0 Å². The van der Waals surface area contributed by atoms with Gasteiger partial charge in [0.05, 0.1) is 17.8 Å². The van der Waals surface area contributed by atoms with Crippen molar-refractivity contribution in [3.8, 4) is 0 Å². The maximum absolute atomic E-state index is 13.7. The maximum Gasteiger partial charge on any atom is 0.228 e. The molecule has 2 aromatic rings. The van der Waals surface area contributed by atoms with Crippen molar-refractivity contribution in [2.24, 2.45) is 0 Å². The lowest BCUT2D eigenvalue weighted by Gasteiger charge is -2.35. The summed E-state index contributed by atoms with van der Waals surface area (Å²) in [5.41, 5.74) is 1.99. The van der Waals surface area contributed by atoms with Crippen LogP contribution < -0.4 is 10.2 Å². The number of hydrogen-bond acceptors (Lipinski definition) is 3. The Balaban J connectivity index is 1.76. The zero-order chi connectivity index (χ0) is 17.8. The second-order valence-corrected chi connectivity index (χ2v) is 6.70. The number of likely N-dealkylation sites (N-methyl/N-ethyl adjacent to an activating group) is 1. The molecule has 1 amide bonds. The molecule has 0 saturated carbocycles. The minimum absolute atomic E-state index is 0.0125. The van der Waals surface area contributed by atoms with E-state index in [2.05, 4.69) is 22.2 Å². The molecule has 1 aliphatic rings. The molecule has 6 heteroatoms. The van der Waals surface area contributed by atoms with Crippen LogP contribution in [0, 0.1) is 5.82 Å². The molecule has 25 heavy (non-hydrogen) atoms. The lowest BCUT2D eigenvalue weighted by Crippen LogP contribution is -2.44. The third kappa shape index (κ3) is 4.50. The Morgan fingerprint density at radius 3 is 2.60 bits per heavy atom. The van der Waals surface area contributed by atoms with Gasteiger partial charge in [0.15, 0.2) is 0 Å². The highest BCUT2D eigenvalue weighted by molar-refractivity contribution is 6.31. The molecule has 1 saturated heterocycles. The van der Waals surface area contributed by atoms with Crippen molar-refractivity contribution in [3.63, 3.8) is 0 Å². The van der Waals surface area contributed by atoms with Gasteiger partial charge in [-0.05, 0) is 36.9 Å². The summed E-state index contributed by atoms with van der Waals surface area (Å²) in [7, 11) is 2.09. The molecule has 1 fully saturated rings. The van der Waals surface area contributed by atoms with E-state index in [-0.39, 0.29) is 18.1 Å². The minimum Gasteiger partial charge on any atom is -0.367 e. The molecule has 1 aliphatic heterocycles. The van der Waals surface area contributed by atoms with Crippen molar-refractivity contribution in [3.05, 3.63) is 58.9 Å². The third-order valence-electron chi connectivity index (χ3n) is 4.39. The minimum atomic E-state index is -0.372. The zero-order valence-electron chi connectivity index (χ0n) is 14.1. The average Bonchev–Trinajstić information content (AvgIpc) is 2.58. The highest BCUT2D eigenvalue weighted by Gasteiger charge is 2.18. The fourth-order valence-corrected chi connectivity index (χ4v) is 3.11. The Labute approximate surface area is 152 Å². The number of nitrogens with zero attached hydrogens (tertiary/aromatic N) is 2. The Bertz CT molecular complexity index is 760. The summed E-state index contributed by atoms with van der Waals surface area (Å²) in [5, 5.41) is 3.44. The van der Waals surface area contributed by atoms with E-state index in [1.54, 1.807) is 24.3 Å². The second-order valence-electron chi connectivity index (χ2n) is 6.27. The van der Waals surface area contributed by atoms with E-state index >= 15 is 0 Å². The first-order valence-corrected chi connectivity index (χ1v) is 8.67. The lowest BCUT2D eigenvalue weighted by atomic mass is 10.1. The lowest BCUT2D eigenvalue weighted by molar-refractivity contribution is -0.115. The van der Waals surface area contributed by atoms with Gasteiger partial charge in [0.2, 0.25) is 5.91 Å². The van der Waals surface area contributed by atoms with Gasteiger partial charge < -0.3 is 15.1 Å². The molecule has 132 valence electrons. The van der Waals surface area contributed by atoms with Crippen LogP contribution in [0.2, 0.25) is 5.02 Å². The number of halogens is 2. The molecule has 0 spiro atoms. The van der Waals surface area contributed by atoms with E-state index in [0.717, 1.165) is 31.9 Å². The summed E-state index contributed by atoms with van der Waals surface area (Å²) in [5.74, 6) is -0.634. The topological polar surface area (TPSA) is 35.6 Å². The fraction of sp³-hybridized carbons (Fsp3) is 0.316. The van der Waals surface area contributed by atoms with Gasteiger partial charge >= 0.3 is 0 Å². The smallest absolute Gasteiger partial charge is 0.228 e. The molecule has 0 aromatic heterocycles. The van der Waals surface area contributed by atoms with Gasteiger partial charge in [0.1, 0.15) is 5.82 Å². The summed E-state index contributed by atoms with van der Waals surface area (Å²) in [6, 6.07) is 11.8. The quantitative estimate of drug-likeness (QED) is 0.906. The first-order valence-electron chi connectivity index (χ1n) is 8.29. The van der Waals surface area contributed by atoms with E-state index in [1.807, 2.05) is 12.1 Å². The number of anilines is 2. The Kier molecular flexibility index (Phi) is 5.56. The first kappa shape index (κ1) is 17.7. The Morgan fingerprint density at radius 2 is 1.88 bits per heavy atom. The average molecular weight is 362 g/mol. The van der Waals surface area contributed by atoms with Crippen LogP contribution in [0.3, 0.4) is 0 Å². The van der Waals surface area contributed by atoms with E-state index in [0.29, 0.717) is 16.3 Å². The second kappa shape index (κ2) is 7.85. The fourth-order valence-electron chi connectivity index (χ4n) is 2.94. The van der Waals surface area contributed by atoms with Crippen LogP contribution in [0.4, 0.5) is 15.8 Å². The highest BCUT2D eigenvalue weighted by atomic mass is 35.5. The third-order valence-corrected chi connectivity index (χ3v) is 4.62. The monoisotopic (exact) mass is 361 g/mol. The molecule has 0 atom stereocenters. The van der Waals surface area contributed by atoms with Crippen molar-refractivity contribution in [2.75, 3.05) is 43.4 Å². The highest BCUT2D eigenvalue weighted by Crippen LogP contribution is 2.30. The van der Waals surface area contributed by atoms with Crippen molar-refractivity contribution < 1.29 is 9.18 Å². The van der Waals surface area contributed by atoms with Gasteiger partial charge in [0, 0.05) is 31.2 Å². The molecule has 4 nitrogen and oxygen atoms in total. The Hall–Kier alpha value is -2.11. The Morgan fingerprint density at radius 1 is 1.16 bits per heavy atom. The summed E-state index contributed by atoms with van der Waals surface area (Å²) in [4.78, 5) is 16.9. The number of nitrogens with one attached hydrogen (secondary N) is 1. The summed E-state index contributed by atoms with van der Waals surface area (Å²) < 4.78 is 13.7. The molecule has 1 N–H and O–H groups in total. The molecule has 1 heterocycles. The molecule has 3 rings (SSSR count). The van der Waals surface area contributed by atoms with Crippen LogP contribution in [-0.2, 0) is 11.2 Å². The largest absolute Gasteiger partial charge is 0.367 e. The summed E-state index contributed by atoms with van der Waals surface area (Å²) in [6.07, 6.45) is -0.0125.